The van der Waals surface area contributed by atoms with Gasteiger partial charge in [-0.05, 0) is 51.3 Å². The number of rotatable bonds is 5. The molecule has 184 valence electrons. The Morgan fingerprint density at radius 3 is 2.53 bits per heavy atom. The normalized spacial score (nSPS) is 16.6. The third-order valence-electron chi connectivity index (χ3n) is 6.32. The third-order valence-corrected chi connectivity index (χ3v) is 7.43. The summed E-state index contributed by atoms with van der Waals surface area (Å²) in [6.45, 7) is 5.41. The van der Waals surface area contributed by atoms with Gasteiger partial charge in [0, 0.05) is 44.5 Å². The van der Waals surface area contributed by atoms with Crippen molar-refractivity contribution in [2.24, 2.45) is 0 Å². The zero-order valence-electron chi connectivity index (χ0n) is 19.9. The van der Waals surface area contributed by atoms with Crippen LogP contribution < -0.4 is 9.80 Å². The Balaban J connectivity index is 1.52. The third kappa shape index (κ3) is 4.79. The van der Waals surface area contributed by atoms with Crippen molar-refractivity contribution in [3.63, 3.8) is 0 Å². The first-order valence-electron chi connectivity index (χ1n) is 11.4. The van der Waals surface area contributed by atoms with E-state index in [2.05, 4.69) is 14.9 Å². The van der Waals surface area contributed by atoms with Crippen molar-refractivity contribution in [3.8, 4) is 0 Å². The molecule has 2 aliphatic heterocycles. The number of ether oxygens (including phenoxy) is 1. The van der Waals surface area contributed by atoms with Gasteiger partial charge >= 0.3 is 6.09 Å². The summed E-state index contributed by atoms with van der Waals surface area (Å²) in [4.78, 5) is 26.7. The van der Waals surface area contributed by atoms with Crippen LogP contribution in [0.4, 0.5) is 26.5 Å². The van der Waals surface area contributed by atoms with Crippen LogP contribution >= 0.6 is 0 Å². The van der Waals surface area contributed by atoms with Crippen molar-refractivity contribution < 1.29 is 22.3 Å². The van der Waals surface area contributed by atoms with Crippen molar-refractivity contribution in [1.29, 1.82) is 0 Å². The van der Waals surface area contributed by atoms with Gasteiger partial charge in [0.15, 0.2) is 9.84 Å². The number of benzene rings is 1. The van der Waals surface area contributed by atoms with Gasteiger partial charge in [-0.3, -0.25) is 0 Å². The number of fused-ring (bicyclic) bond motifs is 1. The van der Waals surface area contributed by atoms with Gasteiger partial charge in [-0.15, -0.1) is 0 Å². The molecule has 0 spiro atoms. The molecule has 0 unspecified atom stereocenters. The van der Waals surface area contributed by atoms with Crippen LogP contribution in [0, 0.1) is 5.82 Å². The summed E-state index contributed by atoms with van der Waals surface area (Å²) >= 11 is 0. The van der Waals surface area contributed by atoms with E-state index in [9.17, 15) is 17.6 Å². The molecule has 2 aliphatic rings. The Kier molecular flexibility index (Phi) is 6.66. The first kappa shape index (κ1) is 24.2. The van der Waals surface area contributed by atoms with E-state index in [0.717, 1.165) is 36.5 Å². The zero-order valence-corrected chi connectivity index (χ0v) is 20.7. The number of aromatic nitrogens is 2. The highest BCUT2D eigenvalue weighted by Gasteiger charge is 2.32. The fourth-order valence-electron chi connectivity index (χ4n) is 4.54. The molecule has 0 bridgehead atoms. The minimum atomic E-state index is -3.50. The summed E-state index contributed by atoms with van der Waals surface area (Å²) in [6.07, 6.45) is 4.32. The fraction of sp³-hybridized carbons (Fsp3) is 0.522. The molecule has 11 heteroatoms. The highest BCUT2D eigenvalue weighted by Crippen LogP contribution is 2.39. The summed E-state index contributed by atoms with van der Waals surface area (Å²) in [5.74, 6) is 0.814. The number of sulfone groups is 1. The van der Waals surface area contributed by atoms with Crippen molar-refractivity contribution in [1.82, 2.24) is 14.9 Å². The molecule has 0 aliphatic carbocycles. The van der Waals surface area contributed by atoms with Gasteiger partial charge in [-0.1, -0.05) is 0 Å². The smallest absolute Gasteiger partial charge is 0.410 e. The van der Waals surface area contributed by atoms with Gasteiger partial charge in [-0.2, -0.15) is 0 Å². The largest absolute Gasteiger partial charge is 0.447 e. The molecule has 34 heavy (non-hydrogen) atoms. The number of anilines is 3. The molecule has 4 rings (SSSR count). The van der Waals surface area contributed by atoms with Gasteiger partial charge in [0.1, 0.15) is 23.8 Å². The van der Waals surface area contributed by atoms with Crippen molar-refractivity contribution in [3.05, 3.63) is 35.9 Å². The maximum atomic E-state index is 14.9. The van der Waals surface area contributed by atoms with Crippen molar-refractivity contribution >= 4 is 33.3 Å². The molecule has 1 amide bonds. The fourth-order valence-corrected chi connectivity index (χ4v) is 5.17. The second-order valence-electron chi connectivity index (χ2n) is 9.05. The van der Waals surface area contributed by atoms with Gasteiger partial charge < -0.3 is 19.4 Å². The highest BCUT2D eigenvalue weighted by atomic mass is 32.2. The second-order valence-corrected chi connectivity index (χ2v) is 11.1. The van der Waals surface area contributed by atoms with E-state index in [1.165, 1.54) is 18.5 Å². The van der Waals surface area contributed by atoms with E-state index in [1.54, 1.807) is 9.80 Å². The number of carbonyl (C=O) groups is 1. The number of halogens is 1. The van der Waals surface area contributed by atoms with E-state index in [0.29, 0.717) is 31.9 Å². The number of carbonyl (C=O) groups excluding carboxylic acids is 1. The maximum absolute atomic E-state index is 14.9. The maximum Gasteiger partial charge on any atom is 0.410 e. The standard InChI is InChI=1S/C23H30FN5O4S/c1-15(2)33-23(30)28-10-7-16(8-11-28)27(3)21-18-9-12-29(22(18)26-14-25-21)20-6-5-17(13-19(20)24)34(4,31)32/h5-6,13-16H,7-12H2,1-4H3. The van der Waals surface area contributed by atoms with Gasteiger partial charge in [0.2, 0.25) is 0 Å². The number of piperidine rings is 1. The molecule has 1 fully saturated rings. The Labute approximate surface area is 199 Å². The highest BCUT2D eigenvalue weighted by molar-refractivity contribution is 7.90. The molecule has 0 saturated carbocycles. The summed E-state index contributed by atoms with van der Waals surface area (Å²) in [5.41, 5.74) is 1.22. The molecule has 0 radical (unpaired) electrons. The lowest BCUT2D eigenvalue weighted by Crippen LogP contribution is -2.46. The number of hydrogen-bond acceptors (Lipinski definition) is 8. The number of nitrogens with zero attached hydrogens (tertiary/aromatic N) is 5. The Hall–Kier alpha value is -2.95. The molecular weight excluding hydrogens is 461 g/mol. The number of likely N-dealkylation sites (tertiary alicyclic amines) is 1. The zero-order chi connectivity index (χ0) is 24.6. The van der Waals surface area contributed by atoms with Crippen LogP contribution in [0.15, 0.2) is 29.4 Å². The predicted octanol–water partition coefficient (Wildman–Crippen LogP) is 3.16. The summed E-state index contributed by atoms with van der Waals surface area (Å²) in [6, 6.07) is 4.15. The Bertz CT molecular complexity index is 1180. The van der Waals surface area contributed by atoms with Crippen molar-refractivity contribution in [2.75, 3.05) is 42.7 Å². The first-order chi connectivity index (χ1) is 16.1. The molecule has 1 aromatic heterocycles. The van der Waals surface area contributed by atoms with E-state index in [4.69, 9.17) is 4.74 Å². The van der Waals surface area contributed by atoms with Crippen LogP contribution in [0.2, 0.25) is 0 Å². The molecule has 2 aromatic rings. The predicted molar refractivity (Wildman–Crippen MR) is 127 cm³/mol. The minimum absolute atomic E-state index is 0.0556. The van der Waals surface area contributed by atoms with Crippen LogP contribution in [0.3, 0.4) is 0 Å². The molecular formula is C23H30FN5O4S. The van der Waals surface area contributed by atoms with E-state index in [1.807, 2.05) is 20.9 Å². The van der Waals surface area contributed by atoms with Crippen LogP contribution in [-0.4, -0.2) is 74.5 Å². The second kappa shape index (κ2) is 9.36. The van der Waals surface area contributed by atoms with Crippen molar-refractivity contribution in [2.45, 2.75) is 50.2 Å². The van der Waals surface area contributed by atoms with Crippen LogP contribution in [0.25, 0.3) is 0 Å². The van der Waals surface area contributed by atoms with E-state index >= 15 is 0 Å². The topological polar surface area (TPSA) is 95.9 Å². The molecule has 0 atom stereocenters. The van der Waals surface area contributed by atoms with Gasteiger partial charge in [0.05, 0.1) is 16.7 Å². The Morgan fingerprint density at radius 1 is 1.21 bits per heavy atom. The van der Waals surface area contributed by atoms with E-state index in [-0.39, 0.29) is 28.8 Å². The quantitative estimate of drug-likeness (QED) is 0.629. The van der Waals surface area contributed by atoms with E-state index < -0.39 is 15.7 Å². The van der Waals surface area contributed by atoms with Gasteiger partial charge in [0.25, 0.3) is 0 Å². The lowest BCUT2D eigenvalue weighted by atomic mass is 10.0. The number of hydrogen-bond donors (Lipinski definition) is 0. The van der Waals surface area contributed by atoms with Gasteiger partial charge in [-0.25, -0.2) is 27.6 Å². The van der Waals surface area contributed by atoms with Crippen LogP contribution in [0.1, 0.15) is 32.3 Å². The molecule has 0 N–H and O–H groups in total. The summed E-state index contributed by atoms with van der Waals surface area (Å²) in [7, 11) is -1.51. The number of amides is 1. The lowest BCUT2D eigenvalue weighted by Gasteiger charge is -2.37. The molecule has 3 heterocycles. The monoisotopic (exact) mass is 491 g/mol. The average Bonchev–Trinajstić information content (AvgIpc) is 3.21. The Morgan fingerprint density at radius 2 is 1.91 bits per heavy atom. The molecule has 1 aromatic carbocycles. The minimum Gasteiger partial charge on any atom is -0.447 e. The average molecular weight is 492 g/mol. The van der Waals surface area contributed by atoms with Crippen LogP contribution in [0.5, 0.6) is 0 Å². The summed E-state index contributed by atoms with van der Waals surface area (Å²) in [5, 5.41) is 0. The first-order valence-corrected chi connectivity index (χ1v) is 13.2. The van der Waals surface area contributed by atoms with Crippen LogP contribution in [-0.2, 0) is 21.0 Å². The summed E-state index contributed by atoms with van der Waals surface area (Å²) < 4.78 is 43.7. The molecule has 9 nitrogen and oxygen atoms in total. The SMILES string of the molecule is CC(C)OC(=O)N1CCC(N(C)c2ncnc3c2CCN3c2ccc(S(C)(=O)=O)cc2F)CC1. The lowest BCUT2D eigenvalue weighted by molar-refractivity contribution is 0.0692. The molecule has 1 saturated heterocycles.